The van der Waals surface area contributed by atoms with Gasteiger partial charge in [0.2, 0.25) is 0 Å². The van der Waals surface area contributed by atoms with Crippen LogP contribution in [-0.4, -0.2) is 23.6 Å². The van der Waals surface area contributed by atoms with Gasteiger partial charge in [0.15, 0.2) is 5.11 Å². The van der Waals surface area contributed by atoms with Crippen molar-refractivity contribution in [3.05, 3.63) is 30.3 Å². The SMILES string of the molecule is CN(CC1CCCC1)C(=S)Nc1ccccc1. The predicted molar refractivity (Wildman–Crippen MR) is 77.3 cm³/mol. The quantitative estimate of drug-likeness (QED) is 0.824. The van der Waals surface area contributed by atoms with Crippen LogP contribution in [0.15, 0.2) is 30.3 Å². The van der Waals surface area contributed by atoms with Gasteiger partial charge in [0.05, 0.1) is 0 Å². The van der Waals surface area contributed by atoms with Crippen LogP contribution in [0.1, 0.15) is 25.7 Å². The minimum atomic E-state index is 0.822. The summed E-state index contributed by atoms with van der Waals surface area (Å²) in [5, 5.41) is 4.10. The summed E-state index contributed by atoms with van der Waals surface area (Å²) >= 11 is 5.41. The summed E-state index contributed by atoms with van der Waals surface area (Å²) < 4.78 is 0. The molecule has 1 saturated carbocycles. The monoisotopic (exact) mass is 248 g/mol. The standard InChI is InChI=1S/C14H20N2S/c1-16(11-12-7-5-6-8-12)14(17)15-13-9-3-2-4-10-13/h2-4,9-10,12H,5-8,11H2,1H3,(H,15,17). The zero-order valence-electron chi connectivity index (χ0n) is 10.4. The van der Waals surface area contributed by atoms with E-state index in [4.69, 9.17) is 12.2 Å². The molecule has 1 aliphatic carbocycles. The molecule has 1 aromatic rings. The molecule has 0 atom stereocenters. The van der Waals surface area contributed by atoms with Crippen molar-refractivity contribution in [1.82, 2.24) is 4.90 Å². The molecule has 2 nitrogen and oxygen atoms in total. The molecule has 1 fully saturated rings. The van der Waals surface area contributed by atoms with Crippen LogP contribution in [0.5, 0.6) is 0 Å². The summed E-state index contributed by atoms with van der Waals surface area (Å²) in [6, 6.07) is 10.1. The highest BCUT2D eigenvalue weighted by Crippen LogP contribution is 2.25. The van der Waals surface area contributed by atoms with Gasteiger partial charge in [0.25, 0.3) is 0 Å². The predicted octanol–water partition coefficient (Wildman–Crippen LogP) is 3.51. The second kappa shape index (κ2) is 6.01. The van der Waals surface area contributed by atoms with Crippen LogP contribution in [0.3, 0.4) is 0 Å². The van der Waals surface area contributed by atoms with E-state index in [1.54, 1.807) is 0 Å². The van der Waals surface area contributed by atoms with Crippen molar-refractivity contribution in [2.45, 2.75) is 25.7 Å². The second-order valence-corrected chi connectivity index (χ2v) is 5.21. The summed E-state index contributed by atoms with van der Waals surface area (Å²) in [5.41, 5.74) is 1.07. The molecule has 0 amide bonds. The molecule has 0 aromatic heterocycles. The van der Waals surface area contributed by atoms with E-state index in [1.807, 2.05) is 30.3 Å². The summed E-state index contributed by atoms with van der Waals surface area (Å²) in [5.74, 6) is 0.829. The van der Waals surface area contributed by atoms with Crippen LogP contribution in [-0.2, 0) is 0 Å². The molecule has 0 heterocycles. The van der Waals surface area contributed by atoms with Gasteiger partial charge < -0.3 is 10.2 Å². The molecule has 0 saturated heterocycles. The summed E-state index contributed by atoms with van der Waals surface area (Å²) in [6.45, 7) is 1.08. The molecule has 92 valence electrons. The van der Waals surface area contributed by atoms with Crippen LogP contribution < -0.4 is 5.32 Å². The van der Waals surface area contributed by atoms with Crippen LogP contribution in [0.2, 0.25) is 0 Å². The molecule has 1 aromatic carbocycles. The van der Waals surface area contributed by atoms with Gasteiger partial charge >= 0.3 is 0 Å². The Kier molecular flexibility index (Phi) is 4.37. The number of nitrogens with one attached hydrogen (secondary N) is 1. The Morgan fingerprint density at radius 3 is 2.59 bits per heavy atom. The van der Waals surface area contributed by atoms with E-state index in [0.717, 1.165) is 23.3 Å². The van der Waals surface area contributed by atoms with Crippen LogP contribution in [0, 0.1) is 5.92 Å². The van der Waals surface area contributed by atoms with Gasteiger partial charge in [0.1, 0.15) is 0 Å². The fourth-order valence-electron chi connectivity index (χ4n) is 2.40. The van der Waals surface area contributed by atoms with Gasteiger partial charge in [-0.3, -0.25) is 0 Å². The van der Waals surface area contributed by atoms with Crippen molar-refractivity contribution in [2.24, 2.45) is 5.92 Å². The lowest BCUT2D eigenvalue weighted by Crippen LogP contribution is -2.34. The first-order valence-corrected chi connectivity index (χ1v) is 6.73. The molecule has 17 heavy (non-hydrogen) atoms. The van der Waals surface area contributed by atoms with Gasteiger partial charge in [0, 0.05) is 19.3 Å². The first kappa shape index (κ1) is 12.4. The van der Waals surface area contributed by atoms with Crippen molar-refractivity contribution in [3.8, 4) is 0 Å². The smallest absolute Gasteiger partial charge is 0.173 e. The topological polar surface area (TPSA) is 15.3 Å². The van der Waals surface area contributed by atoms with Gasteiger partial charge in [-0.1, -0.05) is 31.0 Å². The van der Waals surface area contributed by atoms with E-state index < -0.39 is 0 Å². The highest BCUT2D eigenvalue weighted by atomic mass is 32.1. The number of thiocarbonyl (C=S) groups is 1. The lowest BCUT2D eigenvalue weighted by atomic mass is 10.1. The maximum Gasteiger partial charge on any atom is 0.173 e. The molecule has 0 aliphatic heterocycles. The number of benzene rings is 1. The molecule has 0 unspecified atom stereocenters. The van der Waals surface area contributed by atoms with Crippen LogP contribution in [0.25, 0.3) is 0 Å². The highest BCUT2D eigenvalue weighted by Gasteiger charge is 2.17. The van der Waals surface area contributed by atoms with Crippen molar-refractivity contribution in [1.29, 1.82) is 0 Å². The minimum Gasteiger partial charge on any atom is -0.352 e. The lowest BCUT2D eigenvalue weighted by Gasteiger charge is -2.24. The molecule has 1 aliphatic rings. The Morgan fingerprint density at radius 1 is 1.29 bits per heavy atom. The molecule has 3 heteroatoms. The van der Waals surface area contributed by atoms with E-state index >= 15 is 0 Å². The van der Waals surface area contributed by atoms with Gasteiger partial charge in [-0.2, -0.15) is 0 Å². The summed E-state index contributed by atoms with van der Waals surface area (Å²) in [7, 11) is 2.08. The Labute approximate surface area is 109 Å². The van der Waals surface area contributed by atoms with E-state index in [0.29, 0.717) is 0 Å². The van der Waals surface area contributed by atoms with Gasteiger partial charge in [-0.05, 0) is 43.1 Å². The maximum absolute atomic E-state index is 5.41. The number of hydrogen-bond donors (Lipinski definition) is 1. The number of rotatable bonds is 3. The van der Waals surface area contributed by atoms with Crippen molar-refractivity contribution >= 4 is 23.0 Å². The van der Waals surface area contributed by atoms with Crippen molar-refractivity contribution in [3.63, 3.8) is 0 Å². The Hall–Kier alpha value is -1.09. The largest absolute Gasteiger partial charge is 0.352 e. The lowest BCUT2D eigenvalue weighted by molar-refractivity contribution is 0.392. The number of anilines is 1. The third kappa shape index (κ3) is 3.70. The van der Waals surface area contributed by atoms with E-state index in [1.165, 1.54) is 25.7 Å². The van der Waals surface area contributed by atoms with Gasteiger partial charge in [-0.15, -0.1) is 0 Å². The average Bonchev–Trinajstić information content (AvgIpc) is 2.83. The number of nitrogens with zero attached hydrogens (tertiary/aromatic N) is 1. The molecule has 2 rings (SSSR count). The zero-order valence-corrected chi connectivity index (χ0v) is 11.2. The van der Waals surface area contributed by atoms with Gasteiger partial charge in [-0.25, -0.2) is 0 Å². The Morgan fingerprint density at radius 2 is 1.94 bits per heavy atom. The first-order valence-electron chi connectivity index (χ1n) is 6.33. The van der Waals surface area contributed by atoms with E-state index in [9.17, 15) is 0 Å². The Bertz CT molecular complexity index is 358. The first-order chi connectivity index (χ1) is 8.25. The number of hydrogen-bond acceptors (Lipinski definition) is 1. The highest BCUT2D eigenvalue weighted by molar-refractivity contribution is 7.80. The fourth-order valence-corrected chi connectivity index (χ4v) is 2.60. The Balaban J connectivity index is 1.82. The number of para-hydroxylation sites is 1. The third-order valence-corrected chi connectivity index (χ3v) is 3.79. The fraction of sp³-hybridized carbons (Fsp3) is 0.500. The summed E-state index contributed by atoms with van der Waals surface area (Å²) in [4.78, 5) is 2.16. The van der Waals surface area contributed by atoms with Crippen molar-refractivity contribution < 1.29 is 0 Å². The van der Waals surface area contributed by atoms with E-state index in [2.05, 4.69) is 17.3 Å². The minimum absolute atomic E-state index is 0.822. The molecule has 1 N–H and O–H groups in total. The normalized spacial score (nSPS) is 15.8. The molecule has 0 bridgehead atoms. The van der Waals surface area contributed by atoms with Crippen LogP contribution in [0.4, 0.5) is 5.69 Å². The third-order valence-electron chi connectivity index (χ3n) is 3.38. The van der Waals surface area contributed by atoms with Crippen molar-refractivity contribution in [2.75, 3.05) is 18.9 Å². The molecular formula is C14H20N2S. The average molecular weight is 248 g/mol. The molecular weight excluding hydrogens is 228 g/mol. The van der Waals surface area contributed by atoms with E-state index in [-0.39, 0.29) is 0 Å². The molecule has 0 radical (unpaired) electrons. The summed E-state index contributed by atoms with van der Waals surface area (Å²) in [6.07, 6.45) is 5.49. The zero-order chi connectivity index (χ0) is 12.1. The maximum atomic E-state index is 5.41. The van der Waals surface area contributed by atoms with Crippen LogP contribution >= 0.6 is 12.2 Å². The molecule has 0 spiro atoms. The second-order valence-electron chi connectivity index (χ2n) is 4.83.